The highest BCUT2D eigenvalue weighted by atomic mass is 16.5. The lowest BCUT2D eigenvalue weighted by molar-refractivity contribution is -0.139. The summed E-state index contributed by atoms with van der Waals surface area (Å²) in [5.74, 6) is 1.75. The zero-order valence-corrected chi connectivity index (χ0v) is 18.6. The van der Waals surface area contributed by atoms with Crippen molar-refractivity contribution in [2.24, 2.45) is 5.92 Å². The van der Waals surface area contributed by atoms with E-state index in [0.29, 0.717) is 23.0 Å². The summed E-state index contributed by atoms with van der Waals surface area (Å²) in [6, 6.07) is 9.50. The first kappa shape index (κ1) is 21.4. The van der Waals surface area contributed by atoms with Crippen LogP contribution in [0.3, 0.4) is 0 Å². The Kier molecular flexibility index (Phi) is 6.30. The van der Waals surface area contributed by atoms with Crippen LogP contribution >= 0.6 is 0 Å². The van der Waals surface area contributed by atoms with Gasteiger partial charge in [-0.2, -0.15) is 5.10 Å². The van der Waals surface area contributed by atoms with Gasteiger partial charge >= 0.3 is 0 Å². The number of rotatable bonds is 7. The first-order valence-electron chi connectivity index (χ1n) is 11.3. The van der Waals surface area contributed by atoms with E-state index in [1.54, 1.807) is 30.5 Å². The number of hydrogen-bond acceptors (Lipinski definition) is 4. The molecule has 1 saturated carbocycles. The first-order valence-corrected chi connectivity index (χ1v) is 11.3. The number of ether oxygens (including phenoxy) is 1. The van der Waals surface area contributed by atoms with Gasteiger partial charge in [0.25, 0.3) is 11.8 Å². The maximum Gasteiger partial charge on any atom is 0.260 e. The van der Waals surface area contributed by atoms with Crippen LogP contribution in [0, 0.1) is 5.92 Å². The van der Waals surface area contributed by atoms with Crippen molar-refractivity contribution in [2.75, 3.05) is 11.9 Å². The number of benzene rings is 1. The van der Waals surface area contributed by atoms with Crippen molar-refractivity contribution in [3.63, 3.8) is 0 Å². The zero-order chi connectivity index (χ0) is 22.0. The lowest BCUT2D eigenvalue weighted by atomic mass is 9.97. The van der Waals surface area contributed by atoms with Crippen LogP contribution in [-0.4, -0.2) is 45.2 Å². The molecule has 166 valence electrons. The van der Waals surface area contributed by atoms with Crippen molar-refractivity contribution in [1.29, 1.82) is 0 Å². The number of hydrogen-bond donors (Lipinski definition) is 1. The molecule has 2 aliphatic rings. The fourth-order valence-corrected chi connectivity index (χ4v) is 4.54. The lowest BCUT2D eigenvalue weighted by Crippen LogP contribution is -2.49. The average Bonchev–Trinajstić information content (AvgIpc) is 3.51. The molecule has 1 saturated heterocycles. The minimum absolute atomic E-state index is 0.0124. The second kappa shape index (κ2) is 9.12. The lowest BCUT2D eigenvalue weighted by Gasteiger charge is -2.38. The minimum Gasteiger partial charge on any atom is -0.484 e. The summed E-state index contributed by atoms with van der Waals surface area (Å²) in [5, 5.41) is 7.33. The molecule has 1 aromatic heterocycles. The van der Waals surface area contributed by atoms with Crippen molar-refractivity contribution in [1.82, 2.24) is 14.7 Å². The van der Waals surface area contributed by atoms with Gasteiger partial charge in [-0.1, -0.05) is 0 Å². The summed E-state index contributed by atoms with van der Waals surface area (Å²) >= 11 is 0. The van der Waals surface area contributed by atoms with E-state index in [-0.39, 0.29) is 36.5 Å². The van der Waals surface area contributed by atoms with Gasteiger partial charge < -0.3 is 15.0 Å². The second-order valence-electron chi connectivity index (χ2n) is 8.94. The number of amides is 2. The normalized spacial score (nSPS) is 22.1. The Morgan fingerprint density at radius 1 is 1.10 bits per heavy atom. The Hall–Kier alpha value is -2.83. The number of aromatic nitrogens is 2. The molecular formula is C24H32N4O3. The van der Waals surface area contributed by atoms with Gasteiger partial charge in [-0.25, -0.2) is 4.68 Å². The fraction of sp³-hybridized carbons (Fsp3) is 0.542. The van der Waals surface area contributed by atoms with Crippen LogP contribution < -0.4 is 10.1 Å². The van der Waals surface area contributed by atoms with Crippen molar-refractivity contribution >= 4 is 17.6 Å². The molecule has 2 heterocycles. The first-order chi connectivity index (χ1) is 14.9. The van der Waals surface area contributed by atoms with Crippen LogP contribution in [0.25, 0.3) is 0 Å². The Labute approximate surface area is 183 Å². The van der Waals surface area contributed by atoms with Gasteiger partial charge in [0.2, 0.25) is 0 Å². The highest BCUT2D eigenvalue weighted by molar-refractivity contribution is 6.03. The third kappa shape index (κ3) is 4.92. The molecule has 1 aliphatic carbocycles. The SMILES string of the molecule is CC1CCCC(C)N1C(=O)COc1ccc(C(=O)Nc2ccnn2C(C)C2CC2)cc1. The van der Waals surface area contributed by atoms with E-state index in [0.717, 1.165) is 19.3 Å². The number of piperidine rings is 1. The summed E-state index contributed by atoms with van der Waals surface area (Å²) in [6.07, 6.45) is 7.39. The van der Waals surface area contributed by atoms with Crippen LogP contribution in [-0.2, 0) is 4.79 Å². The largest absolute Gasteiger partial charge is 0.484 e. The molecule has 0 bridgehead atoms. The Morgan fingerprint density at radius 2 is 1.77 bits per heavy atom. The average molecular weight is 425 g/mol. The third-order valence-corrected chi connectivity index (χ3v) is 6.56. The van der Waals surface area contributed by atoms with Crippen molar-refractivity contribution in [3.05, 3.63) is 42.1 Å². The minimum atomic E-state index is -0.191. The number of carbonyl (C=O) groups excluding carboxylic acids is 2. The highest BCUT2D eigenvalue weighted by Gasteiger charge is 2.31. The molecule has 4 rings (SSSR count). The van der Waals surface area contributed by atoms with Gasteiger partial charge in [0.15, 0.2) is 6.61 Å². The molecular weight excluding hydrogens is 392 g/mol. The van der Waals surface area contributed by atoms with E-state index < -0.39 is 0 Å². The van der Waals surface area contributed by atoms with Crippen molar-refractivity contribution in [3.8, 4) is 5.75 Å². The summed E-state index contributed by atoms with van der Waals surface area (Å²) in [7, 11) is 0. The molecule has 0 spiro atoms. The predicted octanol–water partition coefficient (Wildman–Crippen LogP) is 4.27. The van der Waals surface area contributed by atoms with Gasteiger partial charge in [0, 0.05) is 23.7 Å². The maximum absolute atomic E-state index is 12.7. The standard InChI is InChI=1S/C24H32N4O3/c1-16-5-4-6-17(2)27(16)23(29)15-31-21-11-9-20(10-12-21)24(30)26-22-13-14-25-28(22)18(3)19-7-8-19/h9-14,16-19H,4-8,15H2,1-3H3,(H,26,30). The highest BCUT2D eigenvalue weighted by Crippen LogP contribution is 2.40. The van der Waals surface area contributed by atoms with Crippen LogP contribution in [0.2, 0.25) is 0 Å². The van der Waals surface area contributed by atoms with Gasteiger partial charge in [0.05, 0.1) is 12.2 Å². The topological polar surface area (TPSA) is 76.5 Å². The maximum atomic E-state index is 12.7. The fourth-order valence-electron chi connectivity index (χ4n) is 4.54. The van der Waals surface area contributed by atoms with E-state index in [9.17, 15) is 9.59 Å². The van der Waals surface area contributed by atoms with Crippen LogP contribution in [0.4, 0.5) is 5.82 Å². The molecule has 1 N–H and O–H groups in total. The van der Waals surface area contributed by atoms with Crippen LogP contribution in [0.5, 0.6) is 5.75 Å². The predicted molar refractivity (Wildman–Crippen MR) is 119 cm³/mol. The van der Waals surface area contributed by atoms with Gasteiger partial charge in [-0.15, -0.1) is 0 Å². The van der Waals surface area contributed by atoms with Crippen molar-refractivity contribution < 1.29 is 14.3 Å². The molecule has 3 atom stereocenters. The molecule has 0 radical (unpaired) electrons. The number of carbonyl (C=O) groups is 2. The summed E-state index contributed by atoms with van der Waals surface area (Å²) in [4.78, 5) is 27.2. The van der Waals surface area contributed by atoms with E-state index in [4.69, 9.17) is 4.74 Å². The molecule has 1 aliphatic heterocycles. The van der Waals surface area contributed by atoms with E-state index in [1.165, 1.54) is 12.8 Å². The smallest absolute Gasteiger partial charge is 0.260 e. The molecule has 2 fully saturated rings. The summed E-state index contributed by atoms with van der Waals surface area (Å²) in [6.45, 7) is 6.34. The Morgan fingerprint density at radius 3 is 2.42 bits per heavy atom. The van der Waals surface area contributed by atoms with E-state index in [2.05, 4.69) is 31.2 Å². The quantitative estimate of drug-likeness (QED) is 0.720. The molecule has 7 heteroatoms. The molecule has 7 nitrogen and oxygen atoms in total. The van der Waals surface area contributed by atoms with Gasteiger partial charge in [-0.05, 0) is 83.1 Å². The van der Waals surface area contributed by atoms with E-state index in [1.807, 2.05) is 15.6 Å². The third-order valence-electron chi connectivity index (χ3n) is 6.56. The molecule has 2 amide bonds. The summed E-state index contributed by atoms with van der Waals surface area (Å²) < 4.78 is 7.60. The van der Waals surface area contributed by atoms with Crippen molar-refractivity contribution in [2.45, 2.75) is 71.0 Å². The van der Waals surface area contributed by atoms with Crippen LogP contribution in [0.15, 0.2) is 36.5 Å². The monoisotopic (exact) mass is 424 g/mol. The molecule has 3 unspecified atom stereocenters. The number of nitrogens with one attached hydrogen (secondary N) is 1. The van der Waals surface area contributed by atoms with E-state index >= 15 is 0 Å². The van der Waals surface area contributed by atoms with Crippen LogP contribution in [0.1, 0.15) is 69.3 Å². The zero-order valence-electron chi connectivity index (χ0n) is 18.6. The van der Waals surface area contributed by atoms with Gasteiger partial charge in [0.1, 0.15) is 11.6 Å². The second-order valence-corrected chi connectivity index (χ2v) is 8.94. The number of nitrogens with zero attached hydrogens (tertiary/aromatic N) is 3. The molecule has 31 heavy (non-hydrogen) atoms. The number of anilines is 1. The molecule has 1 aromatic carbocycles. The number of likely N-dealkylation sites (tertiary alicyclic amines) is 1. The Balaban J connectivity index is 1.32. The summed E-state index contributed by atoms with van der Waals surface area (Å²) in [5.41, 5.74) is 0.531. The van der Waals surface area contributed by atoms with Gasteiger partial charge in [-0.3, -0.25) is 9.59 Å². The Bertz CT molecular complexity index is 909. The molecule has 2 aromatic rings.